The minimum atomic E-state index is -0.371. The Hall–Kier alpha value is -2.22. The van der Waals surface area contributed by atoms with Crippen molar-refractivity contribution < 1.29 is 8.78 Å². The fraction of sp³-hybridized carbons (Fsp3) is 0.273. The number of halogens is 2. The number of hydrogen-bond donors (Lipinski definition) is 0. The van der Waals surface area contributed by atoms with Gasteiger partial charge in [-0.05, 0) is 54.5 Å². The Bertz CT molecular complexity index is 753. The fourth-order valence-electron chi connectivity index (χ4n) is 3.08. The van der Waals surface area contributed by atoms with E-state index in [4.69, 9.17) is 0 Å². The third-order valence-corrected chi connectivity index (χ3v) is 4.57. The number of allylic oxidation sites excluding steroid dienone is 3. The maximum atomic E-state index is 14.5. The maximum Gasteiger partial charge on any atom is 0.131 e. The second-order valence-corrected chi connectivity index (χ2v) is 5.90. The lowest BCUT2D eigenvalue weighted by Crippen LogP contribution is -1.97. The summed E-state index contributed by atoms with van der Waals surface area (Å²) in [6.45, 7) is 9.73. The van der Waals surface area contributed by atoms with Crippen molar-refractivity contribution in [3.05, 3.63) is 77.9 Å². The van der Waals surface area contributed by atoms with E-state index in [9.17, 15) is 8.78 Å². The Morgan fingerprint density at radius 3 is 2.25 bits per heavy atom. The molecule has 0 radical (unpaired) electrons. The maximum absolute atomic E-state index is 14.5. The van der Waals surface area contributed by atoms with Crippen LogP contribution in [0.5, 0.6) is 0 Å². The SMILES string of the molecule is C=C/C(=C\C)c1ccc(-c2ccc(C(CC)CC)cc2F)cc1F. The topological polar surface area (TPSA) is 0 Å². The summed E-state index contributed by atoms with van der Waals surface area (Å²) >= 11 is 0. The van der Waals surface area contributed by atoms with Gasteiger partial charge in [0, 0.05) is 11.1 Å². The Balaban J connectivity index is 2.42. The lowest BCUT2D eigenvalue weighted by atomic mass is 9.91. The van der Waals surface area contributed by atoms with Crippen molar-refractivity contribution in [2.45, 2.75) is 39.5 Å². The summed E-state index contributed by atoms with van der Waals surface area (Å²) in [5.41, 5.74) is 3.18. The molecule has 0 N–H and O–H groups in total. The average molecular weight is 326 g/mol. The molecule has 0 saturated heterocycles. The Labute approximate surface area is 143 Å². The highest BCUT2D eigenvalue weighted by Crippen LogP contribution is 2.31. The highest BCUT2D eigenvalue weighted by Gasteiger charge is 2.13. The predicted molar refractivity (Wildman–Crippen MR) is 99.0 cm³/mol. The lowest BCUT2D eigenvalue weighted by Gasteiger charge is -2.14. The van der Waals surface area contributed by atoms with Crippen molar-refractivity contribution in [1.29, 1.82) is 0 Å². The van der Waals surface area contributed by atoms with Crippen LogP contribution >= 0.6 is 0 Å². The van der Waals surface area contributed by atoms with Crippen LogP contribution in [0.4, 0.5) is 8.78 Å². The largest absolute Gasteiger partial charge is 0.206 e. The molecule has 0 heterocycles. The molecule has 0 fully saturated rings. The Morgan fingerprint density at radius 2 is 1.75 bits per heavy atom. The van der Waals surface area contributed by atoms with Gasteiger partial charge in [-0.1, -0.05) is 56.8 Å². The highest BCUT2D eigenvalue weighted by molar-refractivity contribution is 5.76. The molecule has 0 aliphatic rings. The van der Waals surface area contributed by atoms with E-state index in [2.05, 4.69) is 20.4 Å². The van der Waals surface area contributed by atoms with E-state index in [0.29, 0.717) is 22.6 Å². The van der Waals surface area contributed by atoms with Crippen LogP contribution < -0.4 is 0 Å². The molecule has 2 rings (SSSR count). The van der Waals surface area contributed by atoms with Gasteiger partial charge in [0.25, 0.3) is 0 Å². The molecule has 0 amide bonds. The first-order chi connectivity index (χ1) is 11.5. The van der Waals surface area contributed by atoms with Crippen LogP contribution in [0.25, 0.3) is 16.7 Å². The Morgan fingerprint density at radius 1 is 1.04 bits per heavy atom. The van der Waals surface area contributed by atoms with E-state index in [1.807, 2.05) is 13.0 Å². The molecule has 0 atom stereocenters. The Kier molecular flexibility index (Phi) is 6.08. The van der Waals surface area contributed by atoms with E-state index in [1.54, 1.807) is 36.4 Å². The van der Waals surface area contributed by atoms with Crippen LogP contribution in [-0.2, 0) is 0 Å². The third kappa shape index (κ3) is 3.64. The second-order valence-electron chi connectivity index (χ2n) is 5.90. The first-order valence-electron chi connectivity index (χ1n) is 8.44. The number of benzene rings is 2. The van der Waals surface area contributed by atoms with Crippen LogP contribution in [0.2, 0.25) is 0 Å². The van der Waals surface area contributed by atoms with Crippen molar-refractivity contribution in [3.8, 4) is 11.1 Å². The van der Waals surface area contributed by atoms with Crippen molar-refractivity contribution in [1.82, 2.24) is 0 Å². The molecule has 0 unspecified atom stereocenters. The van der Waals surface area contributed by atoms with Crippen molar-refractivity contribution >= 4 is 5.57 Å². The van der Waals surface area contributed by atoms with Crippen LogP contribution in [0, 0.1) is 11.6 Å². The molecule has 0 aliphatic carbocycles. The fourth-order valence-corrected chi connectivity index (χ4v) is 3.08. The summed E-state index contributed by atoms with van der Waals surface area (Å²) in [6, 6.07) is 10.1. The zero-order valence-electron chi connectivity index (χ0n) is 14.6. The molecule has 0 nitrogen and oxygen atoms in total. The minimum Gasteiger partial charge on any atom is -0.206 e. The molecule has 24 heavy (non-hydrogen) atoms. The van der Waals surface area contributed by atoms with Gasteiger partial charge in [-0.2, -0.15) is 0 Å². The van der Waals surface area contributed by atoms with E-state index in [0.717, 1.165) is 24.0 Å². The van der Waals surface area contributed by atoms with Gasteiger partial charge in [0.2, 0.25) is 0 Å². The van der Waals surface area contributed by atoms with Crippen LogP contribution in [-0.4, -0.2) is 0 Å². The van der Waals surface area contributed by atoms with Gasteiger partial charge in [0.15, 0.2) is 0 Å². The van der Waals surface area contributed by atoms with E-state index < -0.39 is 0 Å². The van der Waals surface area contributed by atoms with Crippen molar-refractivity contribution in [2.75, 3.05) is 0 Å². The molecular formula is C22H24F2. The van der Waals surface area contributed by atoms with Crippen LogP contribution in [0.15, 0.2) is 55.1 Å². The molecule has 0 bridgehead atoms. The first kappa shape index (κ1) is 18.1. The standard InChI is InChI=1S/C22H24F2/c1-5-15(6-2)17-9-11-20(21(23)13-17)18-10-12-19(22(24)14-18)16(7-3)8-4/h7-15H,3,5-6H2,1-2,4H3/b16-8+. The summed E-state index contributed by atoms with van der Waals surface area (Å²) < 4.78 is 28.9. The molecule has 0 aliphatic heterocycles. The van der Waals surface area contributed by atoms with E-state index in [1.165, 1.54) is 6.07 Å². The monoisotopic (exact) mass is 326 g/mol. The summed E-state index contributed by atoms with van der Waals surface area (Å²) in [4.78, 5) is 0. The summed E-state index contributed by atoms with van der Waals surface area (Å²) in [5, 5.41) is 0. The van der Waals surface area contributed by atoms with Gasteiger partial charge >= 0.3 is 0 Å². The van der Waals surface area contributed by atoms with Crippen LogP contribution in [0.1, 0.15) is 50.7 Å². The number of hydrogen-bond acceptors (Lipinski definition) is 0. The summed E-state index contributed by atoms with van der Waals surface area (Å²) in [6.07, 6.45) is 5.37. The van der Waals surface area contributed by atoms with Gasteiger partial charge in [-0.3, -0.25) is 0 Å². The van der Waals surface area contributed by atoms with E-state index in [-0.39, 0.29) is 11.6 Å². The summed E-state index contributed by atoms with van der Waals surface area (Å²) in [7, 11) is 0. The zero-order valence-corrected chi connectivity index (χ0v) is 14.6. The molecular weight excluding hydrogens is 302 g/mol. The molecule has 2 aromatic rings. The quantitative estimate of drug-likeness (QED) is 0.495. The average Bonchev–Trinajstić information content (AvgIpc) is 2.58. The van der Waals surface area contributed by atoms with Gasteiger partial charge in [0.05, 0.1) is 0 Å². The van der Waals surface area contributed by atoms with Crippen molar-refractivity contribution in [3.63, 3.8) is 0 Å². The lowest BCUT2D eigenvalue weighted by molar-refractivity contribution is 0.607. The van der Waals surface area contributed by atoms with Gasteiger partial charge in [-0.25, -0.2) is 8.78 Å². The predicted octanol–water partition coefficient (Wildman–Crippen LogP) is 7.12. The molecule has 0 aromatic heterocycles. The molecule has 0 saturated carbocycles. The highest BCUT2D eigenvalue weighted by atomic mass is 19.1. The van der Waals surface area contributed by atoms with E-state index >= 15 is 0 Å². The smallest absolute Gasteiger partial charge is 0.131 e. The van der Waals surface area contributed by atoms with Gasteiger partial charge in [-0.15, -0.1) is 0 Å². The molecule has 2 aromatic carbocycles. The first-order valence-corrected chi connectivity index (χ1v) is 8.44. The zero-order chi connectivity index (χ0) is 17.7. The number of rotatable bonds is 6. The second kappa shape index (κ2) is 8.05. The van der Waals surface area contributed by atoms with Gasteiger partial charge < -0.3 is 0 Å². The van der Waals surface area contributed by atoms with Gasteiger partial charge in [0.1, 0.15) is 11.6 Å². The summed E-state index contributed by atoms with van der Waals surface area (Å²) in [5.74, 6) is -0.317. The molecule has 0 spiro atoms. The molecule has 126 valence electrons. The normalized spacial score (nSPS) is 11.8. The van der Waals surface area contributed by atoms with Crippen molar-refractivity contribution in [2.24, 2.45) is 0 Å². The third-order valence-electron chi connectivity index (χ3n) is 4.57. The minimum absolute atomic E-state index is 0.304. The molecule has 2 heteroatoms. The van der Waals surface area contributed by atoms with Crippen LogP contribution in [0.3, 0.4) is 0 Å².